The summed E-state index contributed by atoms with van der Waals surface area (Å²) in [5.74, 6) is -0.396. The summed E-state index contributed by atoms with van der Waals surface area (Å²) < 4.78 is 0. The van der Waals surface area contributed by atoms with Crippen LogP contribution in [0.1, 0.15) is 22.8 Å². The molecule has 138 valence electrons. The maximum Gasteiger partial charge on any atom is 0.250 e. The zero-order chi connectivity index (χ0) is 18.5. The molecule has 0 saturated carbocycles. The number of para-hydroxylation sites is 1. The fourth-order valence-corrected chi connectivity index (χ4v) is 3.47. The summed E-state index contributed by atoms with van der Waals surface area (Å²) in [6.45, 7) is 9.35. The van der Waals surface area contributed by atoms with Gasteiger partial charge < -0.3 is 16.0 Å². The van der Waals surface area contributed by atoms with Crippen molar-refractivity contribution in [2.45, 2.75) is 19.9 Å². The van der Waals surface area contributed by atoms with E-state index in [1.54, 1.807) is 6.07 Å². The molecule has 0 aliphatic carbocycles. The zero-order valence-corrected chi connectivity index (χ0v) is 15.6. The third-order valence-corrected chi connectivity index (χ3v) is 4.90. The highest BCUT2D eigenvalue weighted by molar-refractivity contribution is 5.98. The number of carbonyl (C=O) groups excluding carboxylic acids is 1. The van der Waals surface area contributed by atoms with Gasteiger partial charge in [0.1, 0.15) is 0 Å². The predicted molar refractivity (Wildman–Crippen MR) is 108 cm³/mol. The van der Waals surface area contributed by atoms with Crippen molar-refractivity contribution in [2.75, 3.05) is 42.9 Å². The fourth-order valence-electron chi connectivity index (χ4n) is 3.47. The minimum atomic E-state index is -0.396. The van der Waals surface area contributed by atoms with E-state index in [2.05, 4.69) is 53.2 Å². The van der Waals surface area contributed by atoms with Crippen molar-refractivity contribution >= 4 is 17.3 Å². The first-order chi connectivity index (χ1) is 12.5. The second-order valence-electron chi connectivity index (χ2n) is 7.08. The van der Waals surface area contributed by atoms with Crippen LogP contribution in [0.3, 0.4) is 0 Å². The Labute approximate surface area is 155 Å². The van der Waals surface area contributed by atoms with Gasteiger partial charge in [-0.3, -0.25) is 9.69 Å². The van der Waals surface area contributed by atoms with E-state index in [-0.39, 0.29) is 6.04 Å². The van der Waals surface area contributed by atoms with Crippen LogP contribution in [0.2, 0.25) is 0 Å². The molecule has 1 amide bonds. The van der Waals surface area contributed by atoms with Crippen molar-refractivity contribution in [1.82, 2.24) is 4.90 Å². The number of amides is 1. The van der Waals surface area contributed by atoms with Crippen molar-refractivity contribution in [2.24, 2.45) is 5.73 Å². The molecule has 1 atom stereocenters. The highest BCUT2D eigenvalue weighted by atomic mass is 16.1. The van der Waals surface area contributed by atoms with Crippen molar-refractivity contribution in [3.63, 3.8) is 0 Å². The average molecular weight is 352 g/mol. The molecular formula is C21H28N4O. The van der Waals surface area contributed by atoms with Crippen molar-refractivity contribution in [3.05, 3.63) is 59.7 Å². The first-order valence-electron chi connectivity index (χ1n) is 9.22. The van der Waals surface area contributed by atoms with Crippen molar-refractivity contribution in [1.29, 1.82) is 0 Å². The van der Waals surface area contributed by atoms with Crippen LogP contribution in [0.15, 0.2) is 48.5 Å². The molecule has 3 rings (SSSR count). The van der Waals surface area contributed by atoms with Gasteiger partial charge in [-0.2, -0.15) is 0 Å². The summed E-state index contributed by atoms with van der Waals surface area (Å²) in [5, 5.41) is 3.43. The van der Waals surface area contributed by atoms with E-state index in [1.165, 1.54) is 11.3 Å². The molecule has 1 aliphatic heterocycles. The van der Waals surface area contributed by atoms with Gasteiger partial charge in [-0.1, -0.05) is 29.8 Å². The van der Waals surface area contributed by atoms with E-state index in [0.717, 1.165) is 38.4 Å². The minimum absolute atomic E-state index is 0.237. The Bertz CT molecular complexity index is 736. The van der Waals surface area contributed by atoms with Crippen molar-refractivity contribution in [3.8, 4) is 0 Å². The van der Waals surface area contributed by atoms with Crippen LogP contribution in [0.5, 0.6) is 0 Å². The molecular weight excluding hydrogens is 324 g/mol. The largest absolute Gasteiger partial charge is 0.381 e. The molecule has 1 unspecified atom stereocenters. The van der Waals surface area contributed by atoms with E-state index in [4.69, 9.17) is 5.73 Å². The number of hydrogen-bond donors (Lipinski definition) is 2. The summed E-state index contributed by atoms with van der Waals surface area (Å²) in [5.41, 5.74) is 9.41. The molecule has 0 spiro atoms. The third-order valence-electron chi connectivity index (χ3n) is 4.90. The van der Waals surface area contributed by atoms with Gasteiger partial charge in [-0.25, -0.2) is 0 Å². The lowest BCUT2D eigenvalue weighted by Crippen LogP contribution is -2.49. The van der Waals surface area contributed by atoms with E-state index >= 15 is 0 Å². The Morgan fingerprint density at radius 3 is 2.38 bits per heavy atom. The highest BCUT2D eigenvalue weighted by Crippen LogP contribution is 2.18. The average Bonchev–Trinajstić information content (AvgIpc) is 2.63. The number of hydrogen-bond acceptors (Lipinski definition) is 4. The van der Waals surface area contributed by atoms with Crippen LogP contribution < -0.4 is 16.0 Å². The van der Waals surface area contributed by atoms with E-state index in [0.29, 0.717) is 5.56 Å². The molecule has 3 N–H and O–H groups in total. The quantitative estimate of drug-likeness (QED) is 0.839. The van der Waals surface area contributed by atoms with E-state index in [9.17, 15) is 4.79 Å². The summed E-state index contributed by atoms with van der Waals surface area (Å²) in [7, 11) is 0. The molecule has 2 aromatic carbocycles. The molecule has 5 nitrogen and oxygen atoms in total. The number of piperazine rings is 1. The molecule has 26 heavy (non-hydrogen) atoms. The predicted octanol–water partition coefficient (Wildman–Crippen LogP) is 2.72. The Hall–Kier alpha value is -2.53. The Balaban J connectivity index is 1.51. The third kappa shape index (κ3) is 4.55. The first kappa shape index (κ1) is 18.3. The lowest BCUT2D eigenvalue weighted by atomic mass is 10.1. The molecule has 0 bridgehead atoms. The molecule has 1 heterocycles. The van der Waals surface area contributed by atoms with Gasteiger partial charge in [-0.05, 0) is 38.1 Å². The van der Waals surface area contributed by atoms with Crippen LogP contribution in [-0.4, -0.2) is 49.6 Å². The summed E-state index contributed by atoms with van der Waals surface area (Å²) in [6.07, 6.45) is 0. The lowest BCUT2D eigenvalue weighted by molar-refractivity contribution is 0.100. The van der Waals surface area contributed by atoms with Gasteiger partial charge in [0.05, 0.1) is 5.56 Å². The van der Waals surface area contributed by atoms with Gasteiger partial charge in [0.25, 0.3) is 5.91 Å². The topological polar surface area (TPSA) is 61.6 Å². The summed E-state index contributed by atoms with van der Waals surface area (Å²) >= 11 is 0. The van der Waals surface area contributed by atoms with E-state index < -0.39 is 5.91 Å². The summed E-state index contributed by atoms with van der Waals surface area (Å²) in [6, 6.07) is 16.4. The number of benzene rings is 2. The molecule has 0 radical (unpaired) electrons. The standard InChI is InChI=1S/C21H28N4O/c1-16-7-9-18(10-8-16)25-13-11-24(12-14-25)15-17(2)23-20-6-4-3-5-19(20)21(22)26/h3-10,17,23H,11-15H2,1-2H3,(H2,22,26). The van der Waals surface area contributed by atoms with E-state index in [1.807, 2.05) is 18.2 Å². The van der Waals surface area contributed by atoms with Gasteiger partial charge in [0.15, 0.2) is 0 Å². The maximum atomic E-state index is 11.6. The molecule has 2 aromatic rings. The monoisotopic (exact) mass is 352 g/mol. The van der Waals surface area contributed by atoms with Gasteiger partial charge >= 0.3 is 0 Å². The minimum Gasteiger partial charge on any atom is -0.381 e. The normalized spacial score (nSPS) is 16.3. The second-order valence-corrected chi connectivity index (χ2v) is 7.08. The molecule has 1 saturated heterocycles. The molecule has 5 heteroatoms. The van der Waals surface area contributed by atoms with Crippen LogP contribution in [0.4, 0.5) is 11.4 Å². The van der Waals surface area contributed by atoms with Gasteiger partial charge in [0.2, 0.25) is 0 Å². The summed E-state index contributed by atoms with van der Waals surface area (Å²) in [4.78, 5) is 16.5. The second kappa shape index (κ2) is 8.23. The fraction of sp³-hybridized carbons (Fsp3) is 0.381. The Kier molecular flexibility index (Phi) is 5.78. The number of rotatable bonds is 6. The van der Waals surface area contributed by atoms with Crippen LogP contribution in [-0.2, 0) is 0 Å². The number of carbonyl (C=O) groups is 1. The first-order valence-corrected chi connectivity index (χ1v) is 9.22. The van der Waals surface area contributed by atoms with Gasteiger partial charge in [-0.15, -0.1) is 0 Å². The SMILES string of the molecule is Cc1ccc(N2CCN(CC(C)Nc3ccccc3C(N)=O)CC2)cc1. The number of nitrogens with one attached hydrogen (secondary N) is 1. The van der Waals surface area contributed by atoms with Crippen LogP contribution in [0, 0.1) is 6.92 Å². The smallest absolute Gasteiger partial charge is 0.250 e. The highest BCUT2D eigenvalue weighted by Gasteiger charge is 2.19. The zero-order valence-electron chi connectivity index (χ0n) is 15.6. The van der Waals surface area contributed by atoms with Gasteiger partial charge in [0, 0.05) is 50.1 Å². The van der Waals surface area contributed by atoms with Crippen molar-refractivity contribution < 1.29 is 4.79 Å². The molecule has 1 aliphatic rings. The van der Waals surface area contributed by atoms with Crippen LogP contribution in [0.25, 0.3) is 0 Å². The number of aryl methyl sites for hydroxylation is 1. The number of anilines is 2. The molecule has 0 aromatic heterocycles. The Morgan fingerprint density at radius 2 is 1.73 bits per heavy atom. The lowest BCUT2D eigenvalue weighted by Gasteiger charge is -2.37. The number of nitrogens with zero attached hydrogens (tertiary/aromatic N) is 2. The Morgan fingerprint density at radius 1 is 1.08 bits per heavy atom. The number of nitrogens with two attached hydrogens (primary N) is 1. The maximum absolute atomic E-state index is 11.6. The molecule has 1 fully saturated rings. The number of primary amides is 1. The van der Waals surface area contributed by atoms with Crippen LogP contribution >= 0.6 is 0 Å².